The number of amides is 3. The second-order valence-electron chi connectivity index (χ2n) is 10.8. The molecule has 44 heavy (non-hydrogen) atoms. The van der Waals surface area contributed by atoms with Gasteiger partial charge in [0.25, 0.3) is 11.8 Å². The predicted molar refractivity (Wildman–Crippen MR) is 164 cm³/mol. The van der Waals surface area contributed by atoms with Gasteiger partial charge in [0, 0.05) is 63.0 Å². The number of benzene rings is 2. The molecule has 0 radical (unpaired) electrons. The molecular formula is C30H33Cl2FN6O5. The van der Waals surface area contributed by atoms with E-state index in [-0.39, 0.29) is 57.6 Å². The number of hydrogen-bond donors (Lipinski definition) is 3. The summed E-state index contributed by atoms with van der Waals surface area (Å²) in [6, 6.07) is 7.53. The highest BCUT2D eigenvalue weighted by molar-refractivity contribution is 6.34. The van der Waals surface area contributed by atoms with E-state index in [1.807, 2.05) is 0 Å². The van der Waals surface area contributed by atoms with Gasteiger partial charge < -0.3 is 34.8 Å². The Morgan fingerprint density at radius 3 is 2.57 bits per heavy atom. The van der Waals surface area contributed by atoms with Crippen molar-refractivity contribution in [3.05, 3.63) is 63.8 Å². The van der Waals surface area contributed by atoms with Crippen LogP contribution in [-0.2, 0) is 11.8 Å². The molecule has 3 amide bonds. The van der Waals surface area contributed by atoms with Crippen LogP contribution in [0.25, 0.3) is 11.3 Å². The largest absolute Gasteiger partial charge is 0.494 e. The third-order valence-corrected chi connectivity index (χ3v) is 8.79. The van der Waals surface area contributed by atoms with E-state index in [4.69, 9.17) is 27.9 Å². The van der Waals surface area contributed by atoms with Crippen molar-refractivity contribution in [1.82, 2.24) is 24.7 Å². The summed E-state index contributed by atoms with van der Waals surface area (Å²) in [4.78, 5) is 47.0. The van der Waals surface area contributed by atoms with Crippen LogP contribution in [0.4, 0.5) is 10.1 Å². The maximum atomic E-state index is 14.5. The van der Waals surface area contributed by atoms with E-state index in [2.05, 4.69) is 15.6 Å². The van der Waals surface area contributed by atoms with Crippen LogP contribution in [0.3, 0.4) is 0 Å². The molecule has 234 valence electrons. The van der Waals surface area contributed by atoms with Crippen molar-refractivity contribution in [2.75, 3.05) is 51.8 Å². The average molecular weight is 648 g/mol. The average Bonchev–Trinajstić information content (AvgIpc) is 3.42. The lowest BCUT2D eigenvalue weighted by molar-refractivity contribution is -0.138. The molecule has 0 saturated carbocycles. The molecule has 2 aliphatic rings. The Labute approximate surface area is 263 Å². The first-order valence-electron chi connectivity index (χ1n) is 14.2. The lowest BCUT2D eigenvalue weighted by Crippen LogP contribution is -2.56. The first-order chi connectivity index (χ1) is 21.1. The van der Waals surface area contributed by atoms with Crippen molar-refractivity contribution in [2.24, 2.45) is 13.0 Å². The highest BCUT2D eigenvalue weighted by Crippen LogP contribution is 2.35. The van der Waals surface area contributed by atoms with E-state index in [1.165, 1.54) is 30.0 Å². The van der Waals surface area contributed by atoms with Crippen molar-refractivity contribution >= 4 is 46.6 Å². The summed E-state index contributed by atoms with van der Waals surface area (Å²) in [5.41, 5.74) is 1.42. The Hall–Kier alpha value is -3.71. The highest BCUT2D eigenvalue weighted by atomic mass is 35.5. The van der Waals surface area contributed by atoms with Crippen molar-refractivity contribution in [3.63, 3.8) is 0 Å². The fraction of sp³-hybridized carbons (Fsp3) is 0.400. The van der Waals surface area contributed by atoms with Crippen molar-refractivity contribution in [1.29, 1.82) is 0 Å². The number of aliphatic hydroxyl groups is 1. The summed E-state index contributed by atoms with van der Waals surface area (Å²) in [5, 5.41) is 15.4. The molecule has 3 N–H and O–H groups in total. The molecule has 14 heteroatoms. The van der Waals surface area contributed by atoms with Gasteiger partial charge in [-0.05, 0) is 43.2 Å². The fourth-order valence-corrected chi connectivity index (χ4v) is 6.13. The molecule has 2 aliphatic heterocycles. The fourth-order valence-electron chi connectivity index (χ4n) is 5.62. The number of nitrogens with one attached hydrogen (secondary N) is 2. The Morgan fingerprint density at radius 2 is 1.89 bits per heavy atom. The molecule has 2 fully saturated rings. The quantitative estimate of drug-likeness (QED) is 0.359. The Balaban J connectivity index is 1.20. The van der Waals surface area contributed by atoms with E-state index in [1.54, 1.807) is 35.0 Å². The van der Waals surface area contributed by atoms with Gasteiger partial charge >= 0.3 is 0 Å². The molecule has 0 spiro atoms. The minimum absolute atomic E-state index is 0.000630. The zero-order chi connectivity index (χ0) is 31.5. The van der Waals surface area contributed by atoms with E-state index >= 15 is 0 Å². The van der Waals surface area contributed by atoms with Crippen LogP contribution in [0.15, 0.2) is 36.5 Å². The van der Waals surface area contributed by atoms with Crippen LogP contribution in [0.5, 0.6) is 5.75 Å². The van der Waals surface area contributed by atoms with E-state index < -0.39 is 11.7 Å². The number of methoxy groups -OCH3 is 1. The Bertz CT molecular complexity index is 1580. The molecular weight excluding hydrogens is 614 g/mol. The monoisotopic (exact) mass is 646 g/mol. The van der Waals surface area contributed by atoms with Crippen LogP contribution in [-0.4, -0.2) is 94.7 Å². The van der Waals surface area contributed by atoms with Gasteiger partial charge in [-0.2, -0.15) is 0 Å². The SMILES string of the molecule is COc1ccc(-c2cnc(C(=O)Nc3ccc(C(=O)N4CCC(C(=O)N5CCN[C@@H](CO)C5)CC4)c(Cl)c3)n2C)c(Cl)c1F. The number of anilines is 1. The zero-order valence-corrected chi connectivity index (χ0v) is 25.8. The highest BCUT2D eigenvalue weighted by Gasteiger charge is 2.33. The maximum absolute atomic E-state index is 14.5. The summed E-state index contributed by atoms with van der Waals surface area (Å²) in [7, 11) is 2.95. The van der Waals surface area contributed by atoms with Gasteiger partial charge in [-0.15, -0.1) is 0 Å². The molecule has 11 nitrogen and oxygen atoms in total. The number of hydrogen-bond acceptors (Lipinski definition) is 7. The van der Waals surface area contributed by atoms with Crippen LogP contribution >= 0.6 is 23.2 Å². The summed E-state index contributed by atoms with van der Waals surface area (Å²) in [6.07, 6.45) is 2.51. The second-order valence-corrected chi connectivity index (χ2v) is 11.6. The van der Waals surface area contributed by atoms with Crippen molar-refractivity contribution in [2.45, 2.75) is 18.9 Å². The zero-order valence-electron chi connectivity index (χ0n) is 24.3. The summed E-state index contributed by atoms with van der Waals surface area (Å²) >= 11 is 12.7. The predicted octanol–water partition coefficient (Wildman–Crippen LogP) is 3.44. The molecule has 3 aromatic rings. The summed E-state index contributed by atoms with van der Waals surface area (Å²) in [6.45, 7) is 2.54. The minimum Gasteiger partial charge on any atom is -0.494 e. The minimum atomic E-state index is -0.715. The summed E-state index contributed by atoms with van der Waals surface area (Å²) in [5.74, 6) is -1.56. The molecule has 5 rings (SSSR count). The molecule has 1 atom stereocenters. The number of nitrogens with zero attached hydrogens (tertiary/aromatic N) is 4. The third-order valence-electron chi connectivity index (χ3n) is 8.11. The number of rotatable bonds is 7. The van der Waals surface area contributed by atoms with Crippen molar-refractivity contribution < 1.29 is 28.6 Å². The summed E-state index contributed by atoms with van der Waals surface area (Å²) < 4.78 is 20.9. The lowest BCUT2D eigenvalue weighted by Gasteiger charge is -2.38. The van der Waals surface area contributed by atoms with E-state index in [9.17, 15) is 23.9 Å². The van der Waals surface area contributed by atoms with Gasteiger partial charge in [0.1, 0.15) is 0 Å². The normalized spacial score (nSPS) is 17.5. The second kappa shape index (κ2) is 13.5. The molecule has 0 unspecified atom stereocenters. The number of carbonyl (C=O) groups is 3. The lowest BCUT2D eigenvalue weighted by atomic mass is 9.94. The number of ether oxygens (including phenoxy) is 1. The standard InChI is InChI=1S/C30H33Cl2FN6O5/c1-37-23(21-5-6-24(44-2)26(33)25(21)32)14-35-27(37)28(41)36-18-3-4-20(22(31)13-18)30(43)38-10-7-17(8-11-38)29(42)39-12-9-34-19(15-39)16-40/h3-6,13-14,17,19,34,40H,7-12,15-16H2,1-2H3,(H,36,41)/t19-/m1/s1. The number of piperazine rings is 1. The van der Waals surface area contributed by atoms with Gasteiger partial charge in [-0.3, -0.25) is 14.4 Å². The number of imidazole rings is 1. The molecule has 3 heterocycles. The van der Waals surface area contributed by atoms with Gasteiger partial charge in [-0.25, -0.2) is 9.37 Å². The van der Waals surface area contributed by atoms with Gasteiger partial charge in [0.05, 0.1) is 41.2 Å². The number of piperidine rings is 1. The van der Waals surface area contributed by atoms with Crippen LogP contribution in [0, 0.1) is 11.7 Å². The van der Waals surface area contributed by atoms with Gasteiger partial charge in [0.15, 0.2) is 17.4 Å². The van der Waals surface area contributed by atoms with Crippen LogP contribution < -0.4 is 15.4 Å². The number of aromatic nitrogens is 2. The van der Waals surface area contributed by atoms with E-state index in [0.29, 0.717) is 62.5 Å². The maximum Gasteiger partial charge on any atom is 0.291 e. The van der Waals surface area contributed by atoms with Gasteiger partial charge in [-0.1, -0.05) is 23.2 Å². The molecule has 0 aliphatic carbocycles. The topological polar surface area (TPSA) is 129 Å². The molecule has 0 bridgehead atoms. The number of aliphatic hydroxyl groups excluding tert-OH is 1. The number of halogens is 3. The Kier molecular flexibility index (Phi) is 9.74. The van der Waals surface area contributed by atoms with Gasteiger partial charge in [0.2, 0.25) is 5.91 Å². The smallest absolute Gasteiger partial charge is 0.291 e. The van der Waals surface area contributed by atoms with E-state index in [0.717, 1.165) is 0 Å². The van der Waals surface area contributed by atoms with Crippen LogP contribution in [0.1, 0.15) is 33.8 Å². The number of carbonyl (C=O) groups excluding carboxylic acids is 3. The van der Waals surface area contributed by atoms with Crippen LogP contribution in [0.2, 0.25) is 10.0 Å². The molecule has 2 aromatic carbocycles. The first kappa shape index (κ1) is 31.7. The first-order valence-corrected chi connectivity index (χ1v) is 15.0. The number of likely N-dealkylation sites (tertiary alicyclic amines) is 1. The Morgan fingerprint density at radius 1 is 1.14 bits per heavy atom. The third kappa shape index (κ3) is 6.39. The molecule has 2 saturated heterocycles. The molecule has 1 aromatic heterocycles. The van der Waals surface area contributed by atoms with Crippen molar-refractivity contribution in [3.8, 4) is 17.0 Å².